The molecule has 0 amide bonds. The van der Waals surface area contributed by atoms with Crippen molar-refractivity contribution in [2.45, 2.75) is 31.3 Å². The van der Waals surface area contributed by atoms with E-state index in [9.17, 15) is 18.3 Å². The number of likely N-dealkylation sites (tertiary alicyclic amines) is 1. The Labute approximate surface area is 134 Å². The smallest absolute Gasteiger partial charge is 0.406 e. The summed E-state index contributed by atoms with van der Waals surface area (Å²) in [6.07, 6.45) is -3.00. The fourth-order valence-electron chi connectivity index (χ4n) is 3.11. The van der Waals surface area contributed by atoms with Crippen LogP contribution in [0.2, 0.25) is 0 Å². The van der Waals surface area contributed by atoms with Crippen LogP contribution in [0, 0.1) is 0 Å². The molecule has 1 heterocycles. The monoisotopic (exact) mass is 332 g/mol. The van der Waals surface area contributed by atoms with Crippen LogP contribution in [-0.2, 0) is 6.54 Å². The molecule has 1 aromatic carbocycles. The van der Waals surface area contributed by atoms with Crippen LogP contribution in [0.1, 0.15) is 18.4 Å². The Bertz CT molecular complexity index is 505. The van der Waals surface area contributed by atoms with Crippen molar-refractivity contribution >= 4 is 0 Å². The van der Waals surface area contributed by atoms with Crippen molar-refractivity contribution in [3.63, 3.8) is 0 Å². The summed E-state index contributed by atoms with van der Waals surface area (Å²) in [5.74, 6) is -0.219. The molecule has 1 aliphatic rings. The summed E-state index contributed by atoms with van der Waals surface area (Å²) in [6.45, 7) is 2.63. The molecule has 1 aliphatic heterocycles. The van der Waals surface area contributed by atoms with Gasteiger partial charge in [0.15, 0.2) is 0 Å². The van der Waals surface area contributed by atoms with Crippen LogP contribution in [0.25, 0.3) is 0 Å². The molecule has 23 heavy (non-hydrogen) atoms. The molecule has 1 saturated heterocycles. The minimum absolute atomic E-state index is 0.219. The first kappa shape index (κ1) is 18.0. The van der Waals surface area contributed by atoms with Gasteiger partial charge in [0, 0.05) is 19.6 Å². The zero-order chi connectivity index (χ0) is 17.1. The predicted octanol–water partition coefficient (Wildman–Crippen LogP) is 2.47. The molecule has 0 spiro atoms. The van der Waals surface area contributed by atoms with E-state index in [0.717, 1.165) is 24.9 Å². The van der Waals surface area contributed by atoms with E-state index in [1.807, 2.05) is 19.0 Å². The summed E-state index contributed by atoms with van der Waals surface area (Å²) in [7, 11) is 3.85. The van der Waals surface area contributed by atoms with Crippen LogP contribution in [0.5, 0.6) is 5.75 Å². The standard InChI is InChI=1S/C16H23F3N2O2/c1-20(2)11-15(22)8-3-9-21(12-15)10-13-4-6-14(7-5-13)23-16(17,18)19/h4-7,22H,3,8-12H2,1-2H3/t15-/m1/s1. The number of likely N-dealkylation sites (N-methyl/N-ethyl adjacent to an activating group) is 1. The van der Waals surface area contributed by atoms with Gasteiger partial charge in [-0.05, 0) is 51.2 Å². The third kappa shape index (κ3) is 6.01. The van der Waals surface area contributed by atoms with Crippen LogP contribution in [0.4, 0.5) is 13.2 Å². The number of halogens is 3. The number of hydrogen-bond acceptors (Lipinski definition) is 4. The maximum atomic E-state index is 12.1. The molecule has 1 aromatic rings. The lowest BCUT2D eigenvalue weighted by atomic mass is 9.92. The molecule has 1 atom stereocenters. The van der Waals surface area contributed by atoms with E-state index in [2.05, 4.69) is 9.64 Å². The Hall–Kier alpha value is -1.31. The molecule has 130 valence electrons. The van der Waals surface area contributed by atoms with Gasteiger partial charge in [0.25, 0.3) is 0 Å². The number of alkyl halides is 3. The average Bonchev–Trinajstić information content (AvgIpc) is 2.38. The Morgan fingerprint density at radius 1 is 1.26 bits per heavy atom. The Balaban J connectivity index is 1.94. The summed E-state index contributed by atoms with van der Waals surface area (Å²) < 4.78 is 40.3. The van der Waals surface area contributed by atoms with Crippen LogP contribution in [0.3, 0.4) is 0 Å². The van der Waals surface area contributed by atoms with E-state index in [0.29, 0.717) is 19.6 Å². The zero-order valence-electron chi connectivity index (χ0n) is 13.4. The van der Waals surface area contributed by atoms with Gasteiger partial charge < -0.3 is 14.7 Å². The van der Waals surface area contributed by atoms with Crippen molar-refractivity contribution in [2.24, 2.45) is 0 Å². The second-order valence-corrected chi connectivity index (χ2v) is 6.47. The molecule has 1 fully saturated rings. The fraction of sp³-hybridized carbons (Fsp3) is 0.625. The van der Waals surface area contributed by atoms with Gasteiger partial charge in [-0.15, -0.1) is 13.2 Å². The van der Waals surface area contributed by atoms with Crippen molar-refractivity contribution < 1.29 is 23.0 Å². The van der Waals surface area contributed by atoms with Crippen molar-refractivity contribution in [3.8, 4) is 5.75 Å². The number of hydrogen-bond donors (Lipinski definition) is 1. The Morgan fingerprint density at radius 2 is 1.91 bits per heavy atom. The molecule has 7 heteroatoms. The number of rotatable bonds is 5. The first-order chi connectivity index (χ1) is 10.7. The van der Waals surface area contributed by atoms with Crippen LogP contribution < -0.4 is 4.74 Å². The van der Waals surface area contributed by atoms with E-state index < -0.39 is 12.0 Å². The third-order valence-electron chi connectivity index (χ3n) is 3.81. The number of aliphatic hydroxyl groups is 1. The molecule has 1 N–H and O–H groups in total. The number of benzene rings is 1. The zero-order valence-corrected chi connectivity index (χ0v) is 13.4. The summed E-state index contributed by atoms with van der Waals surface area (Å²) in [6, 6.07) is 5.89. The van der Waals surface area contributed by atoms with Crippen molar-refractivity contribution in [2.75, 3.05) is 33.7 Å². The van der Waals surface area contributed by atoms with Crippen molar-refractivity contribution in [1.29, 1.82) is 0 Å². The number of nitrogens with zero attached hydrogens (tertiary/aromatic N) is 2. The van der Waals surface area contributed by atoms with Crippen LogP contribution >= 0.6 is 0 Å². The van der Waals surface area contributed by atoms with E-state index in [-0.39, 0.29) is 5.75 Å². The van der Waals surface area contributed by atoms with Crippen molar-refractivity contribution in [1.82, 2.24) is 9.80 Å². The van der Waals surface area contributed by atoms with Crippen LogP contribution in [-0.4, -0.2) is 60.6 Å². The summed E-state index contributed by atoms with van der Waals surface area (Å²) in [5.41, 5.74) is 0.162. The average molecular weight is 332 g/mol. The topological polar surface area (TPSA) is 35.9 Å². The molecule has 0 aromatic heterocycles. The Morgan fingerprint density at radius 3 is 2.48 bits per heavy atom. The molecular weight excluding hydrogens is 309 g/mol. The lowest BCUT2D eigenvalue weighted by molar-refractivity contribution is -0.274. The number of ether oxygens (including phenoxy) is 1. The lowest BCUT2D eigenvalue weighted by Crippen LogP contribution is -2.52. The first-order valence-corrected chi connectivity index (χ1v) is 7.59. The van der Waals surface area contributed by atoms with Gasteiger partial charge in [0.2, 0.25) is 0 Å². The second kappa shape index (κ2) is 7.07. The van der Waals surface area contributed by atoms with Crippen LogP contribution in [0.15, 0.2) is 24.3 Å². The predicted molar refractivity (Wildman–Crippen MR) is 81.1 cm³/mol. The third-order valence-corrected chi connectivity index (χ3v) is 3.81. The molecule has 0 aliphatic carbocycles. The summed E-state index contributed by atoms with van der Waals surface area (Å²) in [5, 5.41) is 10.6. The minimum Gasteiger partial charge on any atom is -0.406 e. The first-order valence-electron chi connectivity index (χ1n) is 7.59. The molecule has 0 unspecified atom stereocenters. The van der Waals surface area contributed by atoms with Crippen molar-refractivity contribution in [3.05, 3.63) is 29.8 Å². The molecule has 0 bridgehead atoms. The second-order valence-electron chi connectivity index (χ2n) is 6.47. The normalized spacial score (nSPS) is 23.3. The largest absolute Gasteiger partial charge is 0.573 e. The molecule has 4 nitrogen and oxygen atoms in total. The van der Waals surface area contributed by atoms with Gasteiger partial charge in [-0.3, -0.25) is 4.90 Å². The summed E-state index contributed by atoms with van der Waals surface area (Å²) >= 11 is 0. The molecular formula is C16H23F3N2O2. The number of piperidine rings is 1. The van der Waals surface area contributed by atoms with E-state index >= 15 is 0 Å². The lowest BCUT2D eigenvalue weighted by Gasteiger charge is -2.40. The fourth-order valence-corrected chi connectivity index (χ4v) is 3.11. The van der Waals surface area contributed by atoms with Gasteiger partial charge in [-0.25, -0.2) is 0 Å². The van der Waals surface area contributed by atoms with Gasteiger partial charge in [0.1, 0.15) is 5.75 Å². The molecule has 0 radical (unpaired) electrons. The van der Waals surface area contributed by atoms with E-state index in [1.54, 1.807) is 12.1 Å². The van der Waals surface area contributed by atoms with Gasteiger partial charge >= 0.3 is 6.36 Å². The quantitative estimate of drug-likeness (QED) is 0.899. The minimum atomic E-state index is -4.67. The van der Waals surface area contributed by atoms with Gasteiger partial charge in [0.05, 0.1) is 5.60 Å². The highest BCUT2D eigenvalue weighted by atomic mass is 19.4. The SMILES string of the molecule is CN(C)C[C@]1(O)CCCN(Cc2ccc(OC(F)(F)F)cc2)C1. The van der Waals surface area contributed by atoms with Gasteiger partial charge in [-0.2, -0.15) is 0 Å². The van der Waals surface area contributed by atoms with Gasteiger partial charge in [-0.1, -0.05) is 12.1 Å². The Kier molecular flexibility index (Phi) is 5.54. The maximum Gasteiger partial charge on any atom is 0.573 e. The molecule has 2 rings (SSSR count). The number of β-amino-alcohol motifs (C(OH)–C–C–N with tert-alkyl or cyclic N) is 1. The highest BCUT2D eigenvalue weighted by molar-refractivity contribution is 5.27. The maximum absolute atomic E-state index is 12.1. The highest BCUT2D eigenvalue weighted by Crippen LogP contribution is 2.25. The molecule has 0 saturated carbocycles. The van der Waals surface area contributed by atoms with E-state index in [4.69, 9.17) is 0 Å². The summed E-state index contributed by atoms with van der Waals surface area (Å²) in [4.78, 5) is 4.10. The highest BCUT2D eigenvalue weighted by Gasteiger charge is 2.34. The van der Waals surface area contributed by atoms with E-state index in [1.165, 1.54) is 12.1 Å².